The van der Waals surface area contributed by atoms with Crippen molar-refractivity contribution in [3.05, 3.63) is 59.7 Å². The van der Waals surface area contributed by atoms with Crippen molar-refractivity contribution in [1.82, 2.24) is 4.90 Å². The molecule has 2 aromatic rings. The molecule has 2 amide bonds. The van der Waals surface area contributed by atoms with E-state index < -0.39 is 0 Å². The molecule has 1 aliphatic rings. The minimum atomic E-state index is -0.103. The Hall–Kier alpha value is -2.82. The number of benzene rings is 2. The Labute approximate surface area is 166 Å². The van der Waals surface area contributed by atoms with Gasteiger partial charge in [0.1, 0.15) is 5.75 Å². The molecule has 0 bridgehead atoms. The van der Waals surface area contributed by atoms with Crippen LogP contribution in [0, 0.1) is 12.8 Å². The highest BCUT2D eigenvalue weighted by Crippen LogP contribution is 2.27. The van der Waals surface area contributed by atoms with Gasteiger partial charge >= 0.3 is 0 Å². The monoisotopic (exact) mass is 380 g/mol. The first kappa shape index (κ1) is 19.9. The van der Waals surface area contributed by atoms with E-state index in [9.17, 15) is 9.59 Å². The number of anilines is 1. The van der Waals surface area contributed by atoms with Crippen molar-refractivity contribution >= 4 is 17.5 Å². The fourth-order valence-electron chi connectivity index (χ4n) is 3.38. The third-order valence-corrected chi connectivity index (χ3v) is 4.96. The molecule has 1 aliphatic heterocycles. The molecule has 0 aliphatic carbocycles. The molecule has 0 aromatic heterocycles. The number of likely N-dealkylation sites (tertiary alicyclic amines) is 1. The Morgan fingerprint density at radius 1 is 1.04 bits per heavy atom. The van der Waals surface area contributed by atoms with Gasteiger partial charge in [-0.05, 0) is 57.9 Å². The second-order valence-electron chi connectivity index (χ2n) is 7.58. The number of ether oxygens (including phenoxy) is 1. The van der Waals surface area contributed by atoms with Crippen LogP contribution >= 0.6 is 0 Å². The van der Waals surface area contributed by atoms with Gasteiger partial charge in [-0.15, -0.1) is 0 Å². The lowest BCUT2D eigenvalue weighted by Gasteiger charge is -2.31. The second kappa shape index (κ2) is 8.91. The van der Waals surface area contributed by atoms with Gasteiger partial charge in [-0.1, -0.05) is 29.8 Å². The van der Waals surface area contributed by atoms with Crippen molar-refractivity contribution < 1.29 is 14.3 Å². The average molecular weight is 380 g/mol. The zero-order valence-electron chi connectivity index (χ0n) is 16.8. The maximum atomic E-state index is 12.7. The normalized spacial score (nSPS) is 14.8. The topological polar surface area (TPSA) is 58.6 Å². The molecule has 1 saturated heterocycles. The molecule has 0 unspecified atom stereocenters. The Balaban J connectivity index is 1.57. The van der Waals surface area contributed by atoms with E-state index in [0.717, 1.165) is 5.56 Å². The number of hydrogen-bond acceptors (Lipinski definition) is 3. The summed E-state index contributed by atoms with van der Waals surface area (Å²) in [4.78, 5) is 27.2. The highest BCUT2D eigenvalue weighted by molar-refractivity contribution is 5.96. The summed E-state index contributed by atoms with van der Waals surface area (Å²) in [6.07, 6.45) is 1.36. The zero-order valence-corrected chi connectivity index (χ0v) is 16.8. The SMILES string of the molecule is Cc1ccc(C(=O)N2CCC(C(=O)Nc3ccccc3OC(C)C)CC2)cc1. The summed E-state index contributed by atoms with van der Waals surface area (Å²) in [5.74, 6) is 0.601. The molecule has 1 N–H and O–H groups in total. The fraction of sp³-hybridized carbons (Fsp3) is 0.391. The zero-order chi connectivity index (χ0) is 20.1. The number of rotatable bonds is 5. The Morgan fingerprint density at radius 3 is 2.32 bits per heavy atom. The number of aryl methyl sites for hydroxylation is 1. The number of nitrogens with zero attached hydrogens (tertiary/aromatic N) is 1. The van der Waals surface area contributed by atoms with E-state index >= 15 is 0 Å². The predicted molar refractivity (Wildman–Crippen MR) is 111 cm³/mol. The van der Waals surface area contributed by atoms with Gasteiger partial charge in [0.2, 0.25) is 5.91 Å². The average Bonchev–Trinajstić information content (AvgIpc) is 2.69. The summed E-state index contributed by atoms with van der Waals surface area (Å²) in [6, 6.07) is 15.1. The number of amides is 2. The van der Waals surface area contributed by atoms with Crippen LogP contribution in [-0.2, 0) is 4.79 Å². The van der Waals surface area contributed by atoms with Gasteiger partial charge < -0.3 is 15.0 Å². The molecule has 2 aromatic carbocycles. The lowest BCUT2D eigenvalue weighted by atomic mass is 9.95. The van der Waals surface area contributed by atoms with Crippen molar-refractivity contribution in [3.63, 3.8) is 0 Å². The van der Waals surface area contributed by atoms with Crippen LogP contribution in [0.2, 0.25) is 0 Å². The molecule has 0 saturated carbocycles. The highest BCUT2D eigenvalue weighted by atomic mass is 16.5. The van der Waals surface area contributed by atoms with Crippen molar-refractivity contribution in [2.75, 3.05) is 18.4 Å². The Kier molecular flexibility index (Phi) is 6.34. The van der Waals surface area contributed by atoms with Gasteiger partial charge in [-0.25, -0.2) is 0 Å². The van der Waals surface area contributed by atoms with E-state index in [4.69, 9.17) is 4.74 Å². The van der Waals surface area contributed by atoms with E-state index in [1.165, 1.54) is 0 Å². The molecular weight excluding hydrogens is 352 g/mol. The number of piperidine rings is 1. The predicted octanol–water partition coefficient (Wildman–Crippen LogP) is 4.27. The first-order valence-electron chi connectivity index (χ1n) is 9.86. The first-order valence-corrected chi connectivity index (χ1v) is 9.86. The van der Waals surface area contributed by atoms with Gasteiger partial charge in [0.15, 0.2) is 0 Å². The standard InChI is InChI=1S/C23H28N2O3/c1-16(2)28-21-7-5-4-6-20(21)24-22(26)18-12-14-25(15-13-18)23(27)19-10-8-17(3)9-11-19/h4-11,16,18H,12-15H2,1-3H3,(H,24,26). The molecule has 5 heteroatoms. The van der Waals surface area contributed by atoms with E-state index in [-0.39, 0.29) is 23.8 Å². The molecule has 1 heterocycles. The van der Waals surface area contributed by atoms with Gasteiger partial charge in [-0.2, -0.15) is 0 Å². The van der Waals surface area contributed by atoms with Crippen LogP contribution in [0.1, 0.15) is 42.6 Å². The summed E-state index contributed by atoms with van der Waals surface area (Å²) in [7, 11) is 0. The Bertz CT molecular complexity index is 822. The van der Waals surface area contributed by atoms with Crippen molar-refractivity contribution in [2.45, 2.75) is 39.7 Å². The smallest absolute Gasteiger partial charge is 0.253 e. The van der Waals surface area contributed by atoms with E-state index in [1.54, 1.807) is 0 Å². The van der Waals surface area contributed by atoms with Crippen LogP contribution in [0.15, 0.2) is 48.5 Å². The van der Waals surface area contributed by atoms with Crippen LogP contribution in [0.4, 0.5) is 5.69 Å². The summed E-state index contributed by atoms with van der Waals surface area (Å²) < 4.78 is 5.77. The van der Waals surface area contributed by atoms with Crippen LogP contribution in [0.25, 0.3) is 0 Å². The Morgan fingerprint density at radius 2 is 1.68 bits per heavy atom. The number of carbonyl (C=O) groups is 2. The van der Waals surface area contributed by atoms with Gasteiger partial charge in [0.05, 0.1) is 11.8 Å². The van der Waals surface area contributed by atoms with E-state index in [0.29, 0.717) is 42.9 Å². The van der Waals surface area contributed by atoms with Gasteiger partial charge in [0, 0.05) is 24.6 Å². The van der Waals surface area contributed by atoms with E-state index in [2.05, 4.69) is 5.32 Å². The summed E-state index contributed by atoms with van der Waals surface area (Å²) in [6.45, 7) is 7.10. The van der Waals surface area contributed by atoms with Crippen molar-refractivity contribution in [3.8, 4) is 5.75 Å². The molecule has 1 fully saturated rings. The van der Waals surface area contributed by atoms with Crippen molar-refractivity contribution in [2.24, 2.45) is 5.92 Å². The molecule has 0 spiro atoms. The van der Waals surface area contributed by atoms with Gasteiger partial charge in [0.25, 0.3) is 5.91 Å². The maximum absolute atomic E-state index is 12.7. The third-order valence-electron chi connectivity index (χ3n) is 4.96. The summed E-state index contributed by atoms with van der Waals surface area (Å²) in [5, 5.41) is 3.00. The summed E-state index contributed by atoms with van der Waals surface area (Å²) in [5.41, 5.74) is 2.53. The molecule has 3 rings (SSSR count). The molecular formula is C23H28N2O3. The number of carbonyl (C=O) groups excluding carboxylic acids is 2. The van der Waals surface area contributed by atoms with Crippen LogP contribution in [0.5, 0.6) is 5.75 Å². The lowest BCUT2D eigenvalue weighted by Crippen LogP contribution is -2.41. The molecule has 0 atom stereocenters. The quantitative estimate of drug-likeness (QED) is 0.843. The largest absolute Gasteiger partial charge is 0.489 e. The number of nitrogens with one attached hydrogen (secondary N) is 1. The van der Waals surface area contributed by atoms with Crippen molar-refractivity contribution in [1.29, 1.82) is 0 Å². The molecule has 0 radical (unpaired) electrons. The third kappa shape index (κ3) is 4.91. The lowest BCUT2D eigenvalue weighted by molar-refractivity contribution is -0.121. The number of para-hydroxylation sites is 2. The highest BCUT2D eigenvalue weighted by Gasteiger charge is 2.28. The molecule has 28 heavy (non-hydrogen) atoms. The first-order chi connectivity index (χ1) is 13.4. The van der Waals surface area contributed by atoms with Gasteiger partial charge in [-0.3, -0.25) is 9.59 Å². The van der Waals surface area contributed by atoms with Crippen LogP contribution < -0.4 is 10.1 Å². The second-order valence-corrected chi connectivity index (χ2v) is 7.58. The molecule has 148 valence electrons. The number of hydrogen-bond donors (Lipinski definition) is 1. The minimum absolute atomic E-state index is 0.0118. The molecule has 5 nitrogen and oxygen atoms in total. The summed E-state index contributed by atoms with van der Waals surface area (Å²) >= 11 is 0. The maximum Gasteiger partial charge on any atom is 0.253 e. The van der Waals surface area contributed by atoms with E-state index in [1.807, 2.05) is 74.2 Å². The van der Waals surface area contributed by atoms with Crippen LogP contribution in [0.3, 0.4) is 0 Å². The fourth-order valence-corrected chi connectivity index (χ4v) is 3.38. The minimum Gasteiger partial charge on any atom is -0.489 e. The van der Waals surface area contributed by atoms with Crippen LogP contribution in [-0.4, -0.2) is 35.9 Å².